The molecule has 19 heavy (non-hydrogen) atoms. The normalized spacial score (nSPS) is 10.4. The molecule has 2 rings (SSSR count). The highest BCUT2D eigenvalue weighted by atomic mass is 15.1. The van der Waals surface area contributed by atoms with Crippen LogP contribution in [0.15, 0.2) is 42.7 Å². The molecule has 0 aliphatic carbocycles. The van der Waals surface area contributed by atoms with Gasteiger partial charge in [0.2, 0.25) is 0 Å². The van der Waals surface area contributed by atoms with Gasteiger partial charge in [0.1, 0.15) is 0 Å². The van der Waals surface area contributed by atoms with E-state index in [1.807, 2.05) is 24.4 Å². The second-order valence-electron chi connectivity index (χ2n) is 4.60. The molecule has 0 bridgehead atoms. The minimum absolute atomic E-state index is 0.928. The summed E-state index contributed by atoms with van der Waals surface area (Å²) in [5.41, 5.74) is 3.10. The fraction of sp³-hybridized carbons (Fsp3) is 0.375. The highest BCUT2D eigenvalue weighted by Crippen LogP contribution is 2.21. The molecule has 0 fully saturated rings. The number of hydrogen-bond acceptors (Lipinski definition) is 3. The van der Waals surface area contributed by atoms with Crippen LogP contribution in [0.2, 0.25) is 0 Å². The van der Waals surface area contributed by atoms with Crippen molar-refractivity contribution < 1.29 is 0 Å². The van der Waals surface area contributed by atoms with Crippen molar-refractivity contribution in [2.24, 2.45) is 0 Å². The summed E-state index contributed by atoms with van der Waals surface area (Å²) >= 11 is 0. The Labute approximate surface area is 115 Å². The molecule has 0 saturated heterocycles. The van der Waals surface area contributed by atoms with E-state index in [1.54, 1.807) is 6.20 Å². The Bertz CT molecular complexity index is 490. The Morgan fingerprint density at radius 1 is 0.895 bits per heavy atom. The molecule has 0 unspecified atom stereocenters. The van der Waals surface area contributed by atoms with E-state index in [0.717, 1.165) is 37.3 Å². The van der Waals surface area contributed by atoms with Crippen LogP contribution >= 0.6 is 0 Å². The molecule has 0 saturated carbocycles. The van der Waals surface area contributed by atoms with Gasteiger partial charge >= 0.3 is 0 Å². The first kappa shape index (κ1) is 13.5. The van der Waals surface area contributed by atoms with Gasteiger partial charge in [-0.25, -0.2) is 0 Å². The first-order valence-corrected chi connectivity index (χ1v) is 6.97. The summed E-state index contributed by atoms with van der Waals surface area (Å²) in [5.74, 6) is 0. The molecule has 2 aromatic heterocycles. The van der Waals surface area contributed by atoms with Crippen LogP contribution in [0.1, 0.15) is 26.7 Å². The van der Waals surface area contributed by atoms with Gasteiger partial charge < -0.3 is 4.90 Å². The van der Waals surface area contributed by atoms with E-state index in [2.05, 4.69) is 40.8 Å². The lowest BCUT2D eigenvalue weighted by molar-refractivity contribution is 0.744. The Kier molecular flexibility index (Phi) is 4.90. The Balaban J connectivity index is 2.27. The van der Waals surface area contributed by atoms with Crippen LogP contribution in [-0.4, -0.2) is 23.1 Å². The van der Waals surface area contributed by atoms with E-state index < -0.39 is 0 Å². The SMILES string of the molecule is CCCN(CCC)c1ccnc(-c2ccccn2)c1. The van der Waals surface area contributed by atoms with Crippen LogP contribution in [0.5, 0.6) is 0 Å². The number of nitrogens with zero attached hydrogens (tertiary/aromatic N) is 3. The summed E-state index contributed by atoms with van der Waals surface area (Å²) in [6.07, 6.45) is 5.99. The van der Waals surface area contributed by atoms with Crippen molar-refractivity contribution in [2.45, 2.75) is 26.7 Å². The summed E-state index contributed by atoms with van der Waals surface area (Å²) in [4.78, 5) is 11.2. The van der Waals surface area contributed by atoms with Gasteiger partial charge in [-0.2, -0.15) is 0 Å². The monoisotopic (exact) mass is 255 g/mol. The fourth-order valence-electron chi connectivity index (χ4n) is 2.18. The van der Waals surface area contributed by atoms with Crippen LogP contribution in [0, 0.1) is 0 Å². The third kappa shape index (κ3) is 3.53. The maximum Gasteiger partial charge on any atom is 0.0906 e. The smallest absolute Gasteiger partial charge is 0.0906 e. The van der Waals surface area contributed by atoms with E-state index in [0.29, 0.717) is 0 Å². The Hall–Kier alpha value is -1.90. The molecule has 2 heterocycles. The van der Waals surface area contributed by atoms with Crippen LogP contribution in [0.25, 0.3) is 11.4 Å². The number of hydrogen-bond donors (Lipinski definition) is 0. The molecule has 0 aromatic carbocycles. The zero-order valence-corrected chi connectivity index (χ0v) is 11.7. The van der Waals surface area contributed by atoms with Gasteiger partial charge in [-0.3, -0.25) is 9.97 Å². The van der Waals surface area contributed by atoms with Crippen molar-refractivity contribution in [3.8, 4) is 11.4 Å². The van der Waals surface area contributed by atoms with Crippen LogP contribution in [-0.2, 0) is 0 Å². The van der Waals surface area contributed by atoms with Gasteiger partial charge in [-0.1, -0.05) is 19.9 Å². The molecule has 0 spiro atoms. The Morgan fingerprint density at radius 2 is 1.63 bits per heavy atom. The van der Waals surface area contributed by atoms with E-state index in [1.165, 1.54) is 5.69 Å². The fourth-order valence-corrected chi connectivity index (χ4v) is 2.18. The predicted octanol–water partition coefficient (Wildman–Crippen LogP) is 3.77. The van der Waals surface area contributed by atoms with Gasteiger partial charge in [0.25, 0.3) is 0 Å². The van der Waals surface area contributed by atoms with Crippen molar-refractivity contribution in [3.05, 3.63) is 42.7 Å². The predicted molar refractivity (Wildman–Crippen MR) is 80.3 cm³/mol. The number of rotatable bonds is 6. The largest absolute Gasteiger partial charge is 0.371 e. The molecule has 0 atom stereocenters. The van der Waals surface area contributed by atoms with Gasteiger partial charge in [0, 0.05) is 31.2 Å². The standard InChI is InChI=1S/C16H21N3/c1-3-11-19(12-4-2)14-8-10-18-16(13-14)15-7-5-6-9-17-15/h5-10,13H,3-4,11-12H2,1-2H3. The third-order valence-electron chi connectivity index (χ3n) is 3.02. The van der Waals surface area contributed by atoms with Crippen molar-refractivity contribution in [1.82, 2.24) is 9.97 Å². The lowest BCUT2D eigenvalue weighted by Gasteiger charge is -2.24. The molecular formula is C16H21N3. The quantitative estimate of drug-likeness (QED) is 0.786. The average molecular weight is 255 g/mol. The summed E-state index contributed by atoms with van der Waals surface area (Å²) in [7, 11) is 0. The number of pyridine rings is 2. The first-order valence-electron chi connectivity index (χ1n) is 6.97. The minimum Gasteiger partial charge on any atom is -0.371 e. The molecule has 0 amide bonds. The van der Waals surface area contributed by atoms with Crippen molar-refractivity contribution in [3.63, 3.8) is 0 Å². The maximum atomic E-state index is 4.42. The molecule has 2 aromatic rings. The second-order valence-corrected chi connectivity index (χ2v) is 4.60. The van der Waals surface area contributed by atoms with Gasteiger partial charge in [-0.15, -0.1) is 0 Å². The molecule has 3 heteroatoms. The van der Waals surface area contributed by atoms with Gasteiger partial charge in [-0.05, 0) is 37.1 Å². The molecule has 0 radical (unpaired) electrons. The number of aromatic nitrogens is 2. The average Bonchev–Trinajstić information content (AvgIpc) is 2.48. The molecule has 3 nitrogen and oxygen atoms in total. The molecule has 0 N–H and O–H groups in total. The van der Waals surface area contributed by atoms with Crippen LogP contribution in [0.4, 0.5) is 5.69 Å². The molecule has 100 valence electrons. The lowest BCUT2D eigenvalue weighted by Crippen LogP contribution is -2.24. The van der Waals surface area contributed by atoms with Crippen molar-refractivity contribution >= 4 is 5.69 Å². The van der Waals surface area contributed by atoms with Gasteiger partial charge in [0.15, 0.2) is 0 Å². The lowest BCUT2D eigenvalue weighted by atomic mass is 10.2. The third-order valence-corrected chi connectivity index (χ3v) is 3.02. The minimum atomic E-state index is 0.928. The van der Waals surface area contributed by atoms with Crippen molar-refractivity contribution in [2.75, 3.05) is 18.0 Å². The number of anilines is 1. The van der Waals surface area contributed by atoms with E-state index in [4.69, 9.17) is 0 Å². The first-order chi connectivity index (χ1) is 9.35. The molecular weight excluding hydrogens is 234 g/mol. The second kappa shape index (κ2) is 6.88. The van der Waals surface area contributed by atoms with Gasteiger partial charge in [0.05, 0.1) is 11.4 Å². The molecule has 0 aliphatic heterocycles. The highest BCUT2D eigenvalue weighted by molar-refractivity contribution is 5.61. The van der Waals surface area contributed by atoms with E-state index in [9.17, 15) is 0 Å². The van der Waals surface area contributed by atoms with Crippen molar-refractivity contribution in [1.29, 1.82) is 0 Å². The summed E-state index contributed by atoms with van der Waals surface area (Å²) in [6, 6.07) is 10.1. The summed E-state index contributed by atoms with van der Waals surface area (Å²) in [6.45, 7) is 6.59. The topological polar surface area (TPSA) is 29.0 Å². The van der Waals surface area contributed by atoms with Crippen LogP contribution in [0.3, 0.4) is 0 Å². The highest BCUT2D eigenvalue weighted by Gasteiger charge is 2.07. The molecule has 0 aliphatic rings. The summed E-state index contributed by atoms with van der Waals surface area (Å²) < 4.78 is 0. The summed E-state index contributed by atoms with van der Waals surface area (Å²) in [5, 5.41) is 0. The zero-order valence-electron chi connectivity index (χ0n) is 11.7. The zero-order chi connectivity index (χ0) is 13.5. The van der Waals surface area contributed by atoms with E-state index in [-0.39, 0.29) is 0 Å². The van der Waals surface area contributed by atoms with Crippen LogP contribution < -0.4 is 4.90 Å². The Morgan fingerprint density at radius 3 is 2.26 bits per heavy atom. The maximum absolute atomic E-state index is 4.42. The van der Waals surface area contributed by atoms with E-state index >= 15 is 0 Å².